The highest BCUT2D eigenvalue weighted by atomic mass is 32.2. The SMILES string of the molecule is CCOC(=O)c1cccc(NS(=O)(=O)c2ccc3c(c2)NC(=O)CO3)c1. The third-order valence-electron chi connectivity index (χ3n) is 3.52. The largest absolute Gasteiger partial charge is 0.482 e. The van der Waals surface area contributed by atoms with Crippen molar-refractivity contribution >= 4 is 33.3 Å². The molecule has 0 aromatic heterocycles. The molecule has 0 radical (unpaired) electrons. The van der Waals surface area contributed by atoms with Gasteiger partial charge in [0, 0.05) is 5.69 Å². The Hall–Kier alpha value is -3.07. The lowest BCUT2D eigenvalue weighted by Gasteiger charge is -2.18. The van der Waals surface area contributed by atoms with Crippen LogP contribution in [0.25, 0.3) is 0 Å². The minimum absolute atomic E-state index is 0.0522. The summed E-state index contributed by atoms with van der Waals surface area (Å²) in [5.74, 6) is -0.503. The summed E-state index contributed by atoms with van der Waals surface area (Å²) in [6, 6.07) is 10.1. The van der Waals surface area contributed by atoms with Gasteiger partial charge in [-0.1, -0.05) is 6.07 Å². The number of benzene rings is 2. The Balaban J connectivity index is 1.86. The van der Waals surface area contributed by atoms with Crippen molar-refractivity contribution in [1.82, 2.24) is 0 Å². The van der Waals surface area contributed by atoms with Crippen LogP contribution in [-0.2, 0) is 19.6 Å². The Kier molecular flexibility index (Phi) is 4.81. The van der Waals surface area contributed by atoms with Crippen molar-refractivity contribution in [3.63, 3.8) is 0 Å². The van der Waals surface area contributed by atoms with E-state index in [4.69, 9.17) is 9.47 Å². The van der Waals surface area contributed by atoms with Crippen molar-refractivity contribution in [1.29, 1.82) is 0 Å². The number of esters is 1. The van der Waals surface area contributed by atoms with Crippen LogP contribution in [-0.4, -0.2) is 33.5 Å². The van der Waals surface area contributed by atoms with Gasteiger partial charge < -0.3 is 14.8 Å². The van der Waals surface area contributed by atoms with Crippen LogP contribution in [0.5, 0.6) is 5.75 Å². The zero-order valence-electron chi connectivity index (χ0n) is 13.8. The number of ether oxygens (including phenoxy) is 2. The molecule has 2 aromatic carbocycles. The molecule has 8 nitrogen and oxygen atoms in total. The molecule has 0 bridgehead atoms. The first kappa shape index (κ1) is 17.7. The maximum Gasteiger partial charge on any atom is 0.338 e. The average Bonchev–Trinajstić information content (AvgIpc) is 2.61. The normalized spacial score (nSPS) is 13.2. The fraction of sp³-hybridized carbons (Fsp3) is 0.176. The van der Waals surface area contributed by atoms with Crippen LogP contribution in [0, 0.1) is 0 Å². The number of hydrogen-bond donors (Lipinski definition) is 2. The number of nitrogens with one attached hydrogen (secondary N) is 2. The van der Waals surface area contributed by atoms with E-state index in [9.17, 15) is 18.0 Å². The summed E-state index contributed by atoms with van der Waals surface area (Å²) in [6.07, 6.45) is 0. The first-order valence-electron chi connectivity index (χ1n) is 7.76. The minimum Gasteiger partial charge on any atom is -0.482 e. The van der Waals surface area contributed by atoms with Crippen molar-refractivity contribution in [3.05, 3.63) is 48.0 Å². The molecule has 9 heteroatoms. The Morgan fingerprint density at radius 3 is 2.85 bits per heavy atom. The minimum atomic E-state index is -3.93. The number of fused-ring (bicyclic) bond motifs is 1. The summed E-state index contributed by atoms with van der Waals surface area (Å²) < 4.78 is 37.7. The number of sulfonamides is 1. The second-order valence-electron chi connectivity index (χ2n) is 5.40. The van der Waals surface area contributed by atoms with Crippen molar-refractivity contribution in [2.75, 3.05) is 23.3 Å². The lowest BCUT2D eigenvalue weighted by Crippen LogP contribution is -2.25. The number of carbonyl (C=O) groups is 2. The lowest BCUT2D eigenvalue weighted by atomic mass is 10.2. The van der Waals surface area contributed by atoms with Crippen LogP contribution in [0.1, 0.15) is 17.3 Å². The smallest absolute Gasteiger partial charge is 0.338 e. The molecule has 26 heavy (non-hydrogen) atoms. The summed E-state index contributed by atoms with van der Waals surface area (Å²) in [5, 5.41) is 2.56. The van der Waals surface area contributed by atoms with Crippen LogP contribution >= 0.6 is 0 Å². The summed E-state index contributed by atoms with van der Waals surface area (Å²) >= 11 is 0. The van der Waals surface area contributed by atoms with Gasteiger partial charge in [0.15, 0.2) is 6.61 Å². The van der Waals surface area contributed by atoms with E-state index in [0.717, 1.165) is 0 Å². The maximum atomic E-state index is 12.6. The Labute approximate surface area is 150 Å². The lowest BCUT2D eigenvalue weighted by molar-refractivity contribution is -0.118. The molecule has 0 unspecified atom stereocenters. The van der Waals surface area contributed by atoms with E-state index in [1.165, 1.54) is 36.4 Å². The highest BCUT2D eigenvalue weighted by Gasteiger charge is 2.21. The Bertz CT molecular complexity index is 971. The first-order chi connectivity index (χ1) is 12.4. The predicted octanol–water partition coefficient (Wildman–Crippen LogP) is 1.99. The highest BCUT2D eigenvalue weighted by Crippen LogP contribution is 2.30. The number of rotatable bonds is 5. The summed E-state index contributed by atoms with van der Waals surface area (Å²) in [4.78, 5) is 23.1. The van der Waals surface area contributed by atoms with Gasteiger partial charge in [-0.15, -0.1) is 0 Å². The quantitative estimate of drug-likeness (QED) is 0.772. The van der Waals surface area contributed by atoms with Gasteiger partial charge in [-0.05, 0) is 43.3 Å². The van der Waals surface area contributed by atoms with Crippen molar-refractivity contribution in [3.8, 4) is 5.75 Å². The number of anilines is 2. The number of hydrogen-bond acceptors (Lipinski definition) is 6. The summed E-state index contributed by atoms with van der Waals surface area (Å²) in [6.45, 7) is 1.79. The highest BCUT2D eigenvalue weighted by molar-refractivity contribution is 7.92. The van der Waals surface area contributed by atoms with Crippen LogP contribution in [0.2, 0.25) is 0 Å². The van der Waals surface area contributed by atoms with Gasteiger partial charge in [-0.25, -0.2) is 13.2 Å². The molecule has 0 aliphatic carbocycles. The van der Waals surface area contributed by atoms with Crippen molar-refractivity contribution in [2.24, 2.45) is 0 Å². The second kappa shape index (κ2) is 7.04. The number of amides is 1. The molecule has 1 aliphatic rings. The fourth-order valence-corrected chi connectivity index (χ4v) is 3.44. The van der Waals surface area contributed by atoms with E-state index in [-0.39, 0.29) is 41.0 Å². The van der Waals surface area contributed by atoms with E-state index in [1.54, 1.807) is 13.0 Å². The molecule has 1 heterocycles. The summed E-state index contributed by atoms with van der Waals surface area (Å²) in [7, 11) is -3.93. The van der Waals surface area contributed by atoms with Gasteiger partial charge in [0.1, 0.15) is 5.75 Å². The zero-order chi connectivity index (χ0) is 18.7. The molecule has 0 saturated heterocycles. The van der Waals surface area contributed by atoms with Gasteiger partial charge in [0.25, 0.3) is 15.9 Å². The molecule has 136 valence electrons. The predicted molar refractivity (Wildman–Crippen MR) is 93.8 cm³/mol. The third kappa shape index (κ3) is 3.77. The van der Waals surface area contributed by atoms with Crippen molar-refractivity contribution in [2.45, 2.75) is 11.8 Å². The molecule has 2 N–H and O–H groups in total. The van der Waals surface area contributed by atoms with Crippen LogP contribution in [0.3, 0.4) is 0 Å². The van der Waals surface area contributed by atoms with E-state index < -0.39 is 16.0 Å². The number of carbonyl (C=O) groups excluding carboxylic acids is 2. The van der Waals surface area contributed by atoms with Gasteiger partial charge in [-0.3, -0.25) is 9.52 Å². The molecule has 1 aliphatic heterocycles. The van der Waals surface area contributed by atoms with Gasteiger partial charge in [-0.2, -0.15) is 0 Å². The summed E-state index contributed by atoms with van der Waals surface area (Å²) in [5.41, 5.74) is 0.733. The molecular weight excluding hydrogens is 360 g/mol. The topological polar surface area (TPSA) is 111 Å². The van der Waals surface area contributed by atoms with E-state index in [0.29, 0.717) is 5.75 Å². The molecule has 0 saturated carbocycles. The van der Waals surface area contributed by atoms with Crippen LogP contribution in [0.4, 0.5) is 11.4 Å². The zero-order valence-corrected chi connectivity index (χ0v) is 14.6. The fourth-order valence-electron chi connectivity index (χ4n) is 2.37. The molecule has 0 spiro atoms. The first-order valence-corrected chi connectivity index (χ1v) is 9.24. The maximum absolute atomic E-state index is 12.6. The van der Waals surface area contributed by atoms with Crippen LogP contribution < -0.4 is 14.8 Å². The van der Waals surface area contributed by atoms with E-state index in [2.05, 4.69) is 10.0 Å². The molecule has 0 atom stereocenters. The van der Waals surface area contributed by atoms with Crippen molar-refractivity contribution < 1.29 is 27.5 Å². The molecule has 3 rings (SSSR count). The standard InChI is InChI=1S/C17H16N2O6S/c1-2-24-17(21)11-4-3-5-12(8-11)19-26(22,23)13-6-7-15-14(9-13)18-16(20)10-25-15/h3-9,19H,2,10H2,1H3,(H,18,20). The monoisotopic (exact) mass is 376 g/mol. The molecule has 1 amide bonds. The Morgan fingerprint density at radius 2 is 2.08 bits per heavy atom. The van der Waals surface area contributed by atoms with E-state index >= 15 is 0 Å². The molecule has 2 aromatic rings. The van der Waals surface area contributed by atoms with Crippen LogP contribution in [0.15, 0.2) is 47.4 Å². The molecular formula is C17H16N2O6S. The van der Waals surface area contributed by atoms with E-state index in [1.807, 2.05) is 0 Å². The van der Waals surface area contributed by atoms with Gasteiger partial charge in [0.05, 0.1) is 22.8 Å². The molecule has 0 fully saturated rings. The van der Waals surface area contributed by atoms with Gasteiger partial charge in [0.2, 0.25) is 0 Å². The Morgan fingerprint density at radius 1 is 1.27 bits per heavy atom. The van der Waals surface area contributed by atoms with Gasteiger partial charge >= 0.3 is 5.97 Å². The second-order valence-corrected chi connectivity index (χ2v) is 7.08. The average molecular weight is 376 g/mol. The third-order valence-corrected chi connectivity index (χ3v) is 4.90.